The largest absolute Gasteiger partial charge is 0.294 e. The zero-order valence-electron chi connectivity index (χ0n) is 7.38. The van der Waals surface area contributed by atoms with Crippen LogP contribution in [0.4, 0.5) is 0 Å². The third kappa shape index (κ3) is 1.39. The first kappa shape index (κ1) is 7.14. The molecular weight excluding hydrogens is 136 g/mol. The highest BCUT2D eigenvalue weighted by atomic mass is 15.5. The lowest BCUT2D eigenvalue weighted by atomic mass is 10.2. The first-order valence-electron chi connectivity index (χ1n) is 4.61. The Morgan fingerprint density at radius 3 is 2.64 bits per heavy atom. The molecule has 0 aromatic heterocycles. The molecule has 2 nitrogen and oxygen atoms in total. The van der Waals surface area contributed by atoms with Gasteiger partial charge in [0.2, 0.25) is 0 Å². The standard InChI is InChI=1S/C9H16N2/c1-7(2)11-6-5-9(10-11)8-3-4-8/h7-8H,3-6H2,1-2H3. The second kappa shape index (κ2) is 2.50. The molecule has 1 aliphatic carbocycles. The van der Waals surface area contributed by atoms with E-state index in [2.05, 4.69) is 24.0 Å². The summed E-state index contributed by atoms with van der Waals surface area (Å²) in [5, 5.41) is 6.82. The van der Waals surface area contributed by atoms with Crippen LogP contribution in [0, 0.1) is 5.92 Å². The van der Waals surface area contributed by atoms with Gasteiger partial charge in [-0.2, -0.15) is 5.10 Å². The van der Waals surface area contributed by atoms with Gasteiger partial charge in [-0.25, -0.2) is 0 Å². The number of nitrogens with zero attached hydrogens (tertiary/aromatic N) is 2. The molecule has 0 bridgehead atoms. The Morgan fingerprint density at radius 1 is 1.45 bits per heavy atom. The molecule has 0 spiro atoms. The quantitative estimate of drug-likeness (QED) is 0.589. The Balaban J connectivity index is 1.97. The van der Waals surface area contributed by atoms with Crippen molar-refractivity contribution < 1.29 is 0 Å². The van der Waals surface area contributed by atoms with E-state index in [4.69, 9.17) is 0 Å². The molecule has 0 aromatic rings. The van der Waals surface area contributed by atoms with Crippen molar-refractivity contribution in [2.75, 3.05) is 6.54 Å². The zero-order valence-corrected chi connectivity index (χ0v) is 7.38. The third-order valence-corrected chi connectivity index (χ3v) is 2.50. The van der Waals surface area contributed by atoms with E-state index in [0.29, 0.717) is 6.04 Å². The second-order valence-electron chi connectivity index (χ2n) is 3.87. The molecule has 0 amide bonds. The van der Waals surface area contributed by atoms with Crippen LogP contribution in [0.3, 0.4) is 0 Å². The van der Waals surface area contributed by atoms with Crippen LogP contribution >= 0.6 is 0 Å². The molecule has 62 valence electrons. The number of hydrogen-bond acceptors (Lipinski definition) is 2. The molecule has 0 aromatic carbocycles. The van der Waals surface area contributed by atoms with Gasteiger partial charge in [-0.1, -0.05) is 0 Å². The first-order chi connectivity index (χ1) is 5.27. The second-order valence-corrected chi connectivity index (χ2v) is 3.87. The number of rotatable bonds is 2. The van der Waals surface area contributed by atoms with Crippen molar-refractivity contribution in [3.8, 4) is 0 Å². The average molecular weight is 152 g/mol. The minimum absolute atomic E-state index is 0.589. The minimum atomic E-state index is 0.589. The van der Waals surface area contributed by atoms with E-state index in [-0.39, 0.29) is 0 Å². The average Bonchev–Trinajstić information content (AvgIpc) is 2.68. The summed E-state index contributed by atoms with van der Waals surface area (Å²) in [7, 11) is 0. The first-order valence-corrected chi connectivity index (χ1v) is 4.61. The molecule has 0 unspecified atom stereocenters. The summed E-state index contributed by atoms with van der Waals surface area (Å²) in [6.45, 7) is 5.57. The predicted molar refractivity (Wildman–Crippen MR) is 46.6 cm³/mol. The Bertz CT molecular complexity index is 180. The van der Waals surface area contributed by atoms with Gasteiger partial charge in [0.15, 0.2) is 0 Å². The van der Waals surface area contributed by atoms with Crippen molar-refractivity contribution >= 4 is 5.71 Å². The fourth-order valence-corrected chi connectivity index (χ4v) is 1.57. The summed E-state index contributed by atoms with van der Waals surface area (Å²) in [4.78, 5) is 0. The SMILES string of the molecule is CC(C)N1CCC(C2CC2)=N1. The lowest BCUT2D eigenvalue weighted by molar-refractivity contribution is 0.257. The van der Waals surface area contributed by atoms with Crippen molar-refractivity contribution in [2.24, 2.45) is 11.0 Å². The molecule has 1 fully saturated rings. The van der Waals surface area contributed by atoms with Gasteiger partial charge >= 0.3 is 0 Å². The van der Waals surface area contributed by atoms with Crippen molar-refractivity contribution in [1.82, 2.24) is 5.01 Å². The van der Waals surface area contributed by atoms with Crippen LogP contribution in [0.1, 0.15) is 33.1 Å². The Morgan fingerprint density at radius 2 is 2.18 bits per heavy atom. The van der Waals surface area contributed by atoms with Gasteiger partial charge in [0.25, 0.3) is 0 Å². The highest BCUT2D eigenvalue weighted by molar-refractivity contribution is 5.89. The summed E-state index contributed by atoms with van der Waals surface area (Å²) in [6, 6.07) is 0.589. The van der Waals surface area contributed by atoms with Gasteiger partial charge in [-0.05, 0) is 32.6 Å². The van der Waals surface area contributed by atoms with Crippen LogP contribution in [0.25, 0.3) is 0 Å². The maximum absolute atomic E-state index is 4.60. The Labute approximate surface area is 68.3 Å². The van der Waals surface area contributed by atoms with Crippen molar-refractivity contribution in [2.45, 2.75) is 39.2 Å². The maximum Gasteiger partial charge on any atom is 0.0430 e. The topological polar surface area (TPSA) is 15.6 Å². The molecule has 0 atom stereocenters. The molecule has 0 N–H and O–H groups in total. The van der Waals surface area contributed by atoms with E-state index in [0.717, 1.165) is 12.5 Å². The highest BCUT2D eigenvalue weighted by Gasteiger charge is 2.31. The van der Waals surface area contributed by atoms with Crippen LogP contribution in [0.5, 0.6) is 0 Å². The van der Waals surface area contributed by atoms with E-state index in [1.165, 1.54) is 25.0 Å². The lowest BCUT2D eigenvalue weighted by Crippen LogP contribution is -2.22. The van der Waals surface area contributed by atoms with E-state index in [1.54, 1.807) is 0 Å². The van der Waals surface area contributed by atoms with Gasteiger partial charge < -0.3 is 0 Å². The van der Waals surface area contributed by atoms with Gasteiger partial charge in [-0.3, -0.25) is 5.01 Å². The molecular formula is C9H16N2. The molecule has 2 heteroatoms. The van der Waals surface area contributed by atoms with E-state index < -0.39 is 0 Å². The predicted octanol–water partition coefficient (Wildman–Crippen LogP) is 1.87. The van der Waals surface area contributed by atoms with Crippen molar-refractivity contribution in [3.63, 3.8) is 0 Å². The monoisotopic (exact) mass is 152 g/mol. The van der Waals surface area contributed by atoms with Crippen LogP contribution in [0.15, 0.2) is 5.10 Å². The number of hydrogen-bond donors (Lipinski definition) is 0. The van der Waals surface area contributed by atoms with Gasteiger partial charge in [0.05, 0.1) is 0 Å². The van der Waals surface area contributed by atoms with Crippen molar-refractivity contribution in [1.29, 1.82) is 0 Å². The van der Waals surface area contributed by atoms with Crippen LogP contribution in [0.2, 0.25) is 0 Å². The van der Waals surface area contributed by atoms with Crippen LogP contribution < -0.4 is 0 Å². The molecule has 2 rings (SSSR count). The zero-order chi connectivity index (χ0) is 7.84. The Kier molecular flexibility index (Phi) is 1.63. The normalized spacial score (nSPS) is 24.6. The summed E-state index contributed by atoms with van der Waals surface area (Å²) < 4.78 is 0. The molecule has 11 heavy (non-hydrogen) atoms. The lowest BCUT2D eigenvalue weighted by Gasteiger charge is -2.17. The van der Waals surface area contributed by atoms with E-state index in [9.17, 15) is 0 Å². The Hall–Kier alpha value is -0.530. The molecule has 1 heterocycles. The smallest absolute Gasteiger partial charge is 0.0430 e. The summed E-state index contributed by atoms with van der Waals surface area (Å²) in [6.07, 6.45) is 4.01. The third-order valence-electron chi connectivity index (χ3n) is 2.50. The van der Waals surface area contributed by atoms with Crippen LogP contribution in [-0.2, 0) is 0 Å². The fourth-order valence-electron chi connectivity index (χ4n) is 1.57. The van der Waals surface area contributed by atoms with E-state index >= 15 is 0 Å². The maximum atomic E-state index is 4.60. The summed E-state index contributed by atoms with van der Waals surface area (Å²) >= 11 is 0. The molecule has 0 radical (unpaired) electrons. The summed E-state index contributed by atoms with van der Waals surface area (Å²) in [5.41, 5.74) is 1.47. The van der Waals surface area contributed by atoms with Crippen LogP contribution in [-0.4, -0.2) is 23.3 Å². The molecule has 1 aliphatic heterocycles. The van der Waals surface area contributed by atoms with Gasteiger partial charge in [0, 0.05) is 24.7 Å². The number of hydrazone groups is 1. The molecule has 0 saturated heterocycles. The highest BCUT2D eigenvalue weighted by Crippen LogP contribution is 2.34. The fraction of sp³-hybridized carbons (Fsp3) is 0.889. The van der Waals surface area contributed by atoms with Gasteiger partial charge in [-0.15, -0.1) is 0 Å². The molecule has 1 saturated carbocycles. The summed E-state index contributed by atoms with van der Waals surface area (Å²) in [5.74, 6) is 0.874. The minimum Gasteiger partial charge on any atom is -0.294 e. The molecule has 2 aliphatic rings. The van der Waals surface area contributed by atoms with Crippen molar-refractivity contribution in [3.05, 3.63) is 0 Å². The van der Waals surface area contributed by atoms with Gasteiger partial charge in [0.1, 0.15) is 0 Å². The van der Waals surface area contributed by atoms with E-state index in [1.807, 2.05) is 0 Å².